The minimum absolute atomic E-state index is 0.199. The van der Waals surface area contributed by atoms with Crippen LogP contribution in [-0.4, -0.2) is 19.7 Å². The van der Waals surface area contributed by atoms with E-state index in [2.05, 4.69) is 34.2 Å². The van der Waals surface area contributed by atoms with Gasteiger partial charge in [0.25, 0.3) is 0 Å². The average Bonchev–Trinajstić information content (AvgIpc) is 2.87. The van der Waals surface area contributed by atoms with E-state index < -0.39 is 0 Å². The van der Waals surface area contributed by atoms with Gasteiger partial charge in [-0.05, 0) is 13.8 Å². The average molecular weight is 219 g/mol. The molecular weight excluding hydrogens is 202 g/mol. The maximum Gasteiger partial charge on any atom is 0.122 e. The molecule has 2 heterocycles. The summed E-state index contributed by atoms with van der Waals surface area (Å²) in [4.78, 5) is 7.33. The second-order valence-electron chi connectivity index (χ2n) is 4.03. The molecule has 0 aliphatic heterocycles. The van der Waals surface area contributed by atoms with Crippen LogP contribution in [0.1, 0.15) is 37.3 Å². The molecule has 0 bridgehead atoms. The quantitative estimate of drug-likeness (QED) is 0.820. The predicted molar refractivity (Wildman–Crippen MR) is 61.8 cm³/mol. The van der Waals surface area contributed by atoms with Crippen LogP contribution in [0.25, 0.3) is 0 Å². The van der Waals surface area contributed by atoms with Crippen molar-refractivity contribution < 1.29 is 0 Å². The lowest BCUT2D eigenvalue weighted by molar-refractivity contribution is 0.479. The van der Waals surface area contributed by atoms with Gasteiger partial charge >= 0.3 is 0 Å². The topological polar surface area (TPSA) is 58.5 Å². The maximum atomic E-state index is 4.23. The summed E-state index contributed by atoms with van der Waals surface area (Å²) < 4.78 is 1.81. The second-order valence-corrected chi connectivity index (χ2v) is 4.03. The number of aryl methyl sites for hydroxylation is 1. The van der Waals surface area contributed by atoms with E-state index in [9.17, 15) is 0 Å². The van der Waals surface area contributed by atoms with Gasteiger partial charge in [0.2, 0.25) is 0 Å². The van der Waals surface area contributed by atoms with Crippen LogP contribution in [0.2, 0.25) is 0 Å². The SMILES string of the molecule is CC(NC(C)c1ncc[nH]1)c1cnn(C)c1. The Morgan fingerprint density at radius 3 is 2.75 bits per heavy atom. The van der Waals surface area contributed by atoms with Crippen molar-refractivity contribution in [1.82, 2.24) is 25.1 Å². The molecule has 5 nitrogen and oxygen atoms in total. The Hall–Kier alpha value is -1.62. The number of aromatic amines is 1. The molecule has 2 rings (SSSR count). The van der Waals surface area contributed by atoms with E-state index >= 15 is 0 Å². The van der Waals surface area contributed by atoms with Gasteiger partial charge in [-0.2, -0.15) is 5.10 Å². The van der Waals surface area contributed by atoms with Crippen LogP contribution in [0.3, 0.4) is 0 Å². The van der Waals surface area contributed by atoms with Crippen molar-refractivity contribution >= 4 is 0 Å². The summed E-state index contributed by atoms with van der Waals surface area (Å²) in [5.41, 5.74) is 1.18. The fraction of sp³-hybridized carbons (Fsp3) is 0.455. The summed E-state index contributed by atoms with van der Waals surface area (Å²) in [6.07, 6.45) is 7.50. The summed E-state index contributed by atoms with van der Waals surface area (Å²) in [6, 6.07) is 0.457. The monoisotopic (exact) mass is 219 g/mol. The molecule has 0 saturated carbocycles. The fourth-order valence-electron chi connectivity index (χ4n) is 1.73. The van der Waals surface area contributed by atoms with Crippen molar-refractivity contribution in [1.29, 1.82) is 0 Å². The Bertz CT molecular complexity index is 431. The Labute approximate surface area is 94.9 Å². The molecule has 86 valence electrons. The molecule has 0 aromatic carbocycles. The van der Waals surface area contributed by atoms with Crippen LogP contribution in [0.5, 0.6) is 0 Å². The maximum absolute atomic E-state index is 4.23. The second kappa shape index (κ2) is 4.49. The zero-order valence-corrected chi connectivity index (χ0v) is 9.81. The first kappa shape index (κ1) is 10.9. The van der Waals surface area contributed by atoms with Gasteiger partial charge in [0.15, 0.2) is 0 Å². The third kappa shape index (κ3) is 2.30. The first-order valence-corrected chi connectivity index (χ1v) is 5.40. The molecule has 16 heavy (non-hydrogen) atoms. The van der Waals surface area contributed by atoms with E-state index in [0.717, 1.165) is 5.82 Å². The third-order valence-electron chi connectivity index (χ3n) is 2.65. The van der Waals surface area contributed by atoms with Gasteiger partial charge < -0.3 is 10.3 Å². The number of rotatable bonds is 4. The zero-order chi connectivity index (χ0) is 11.5. The highest BCUT2D eigenvalue weighted by molar-refractivity contribution is 5.10. The lowest BCUT2D eigenvalue weighted by Crippen LogP contribution is -2.23. The summed E-state index contributed by atoms with van der Waals surface area (Å²) in [5, 5.41) is 7.63. The first-order valence-electron chi connectivity index (χ1n) is 5.40. The van der Waals surface area contributed by atoms with Gasteiger partial charge in [-0.3, -0.25) is 4.68 Å². The molecule has 0 fully saturated rings. The number of imidazole rings is 1. The van der Waals surface area contributed by atoms with Crippen LogP contribution in [-0.2, 0) is 7.05 Å². The summed E-state index contributed by atoms with van der Waals surface area (Å²) in [5.74, 6) is 0.954. The van der Waals surface area contributed by atoms with Crippen LogP contribution in [0, 0.1) is 0 Å². The van der Waals surface area contributed by atoms with E-state index in [1.54, 1.807) is 6.20 Å². The van der Waals surface area contributed by atoms with Gasteiger partial charge in [-0.15, -0.1) is 0 Å². The number of hydrogen-bond acceptors (Lipinski definition) is 3. The molecule has 2 atom stereocenters. The molecule has 0 radical (unpaired) electrons. The number of nitrogens with zero attached hydrogens (tertiary/aromatic N) is 3. The highest BCUT2D eigenvalue weighted by Crippen LogP contribution is 2.16. The highest BCUT2D eigenvalue weighted by atomic mass is 15.2. The molecule has 0 aliphatic carbocycles. The van der Waals surface area contributed by atoms with Crippen molar-refractivity contribution in [2.24, 2.45) is 7.05 Å². The molecule has 0 spiro atoms. The Balaban J connectivity index is 2.00. The molecule has 5 heteroatoms. The minimum atomic E-state index is 0.199. The molecule has 0 saturated heterocycles. The van der Waals surface area contributed by atoms with Gasteiger partial charge in [-0.25, -0.2) is 4.98 Å². The van der Waals surface area contributed by atoms with Crippen LogP contribution < -0.4 is 5.32 Å². The van der Waals surface area contributed by atoms with E-state index in [4.69, 9.17) is 0 Å². The Kier molecular flexibility index (Phi) is 3.05. The number of H-pyrrole nitrogens is 1. The van der Waals surface area contributed by atoms with E-state index in [0.29, 0.717) is 0 Å². The van der Waals surface area contributed by atoms with Crippen LogP contribution >= 0.6 is 0 Å². The Morgan fingerprint density at radius 2 is 2.19 bits per heavy atom. The lowest BCUT2D eigenvalue weighted by atomic mass is 10.1. The van der Waals surface area contributed by atoms with Gasteiger partial charge in [0.1, 0.15) is 5.82 Å². The minimum Gasteiger partial charge on any atom is -0.347 e. The van der Waals surface area contributed by atoms with E-state index in [-0.39, 0.29) is 12.1 Å². The highest BCUT2D eigenvalue weighted by Gasteiger charge is 2.13. The van der Waals surface area contributed by atoms with Crippen molar-refractivity contribution in [2.45, 2.75) is 25.9 Å². The summed E-state index contributed by atoms with van der Waals surface area (Å²) in [6.45, 7) is 4.21. The Morgan fingerprint density at radius 1 is 1.38 bits per heavy atom. The normalized spacial score (nSPS) is 14.9. The van der Waals surface area contributed by atoms with Crippen LogP contribution in [0.15, 0.2) is 24.8 Å². The first-order chi connectivity index (χ1) is 7.66. The molecule has 2 unspecified atom stereocenters. The smallest absolute Gasteiger partial charge is 0.122 e. The van der Waals surface area contributed by atoms with Crippen molar-refractivity contribution in [3.63, 3.8) is 0 Å². The predicted octanol–water partition coefficient (Wildman–Crippen LogP) is 1.55. The molecular formula is C11H17N5. The standard InChI is InChI=1S/C11H17N5/c1-8(10-6-14-16(3)7-10)15-9(2)11-12-4-5-13-11/h4-9,15H,1-3H3,(H,12,13). The molecule has 2 aromatic heterocycles. The molecule has 0 aliphatic rings. The van der Waals surface area contributed by atoms with Gasteiger partial charge in [-0.1, -0.05) is 0 Å². The third-order valence-corrected chi connectivity index (χ3v) is 2.65. The van der Waals surface area contributed by atoms with Gasteiger partial charge in [0, 0.05) is 37.2 Å². The fourth-order valence-corrected chi connectivity index (χ4v) is 1.73. The summed E-state index contributed by atoms with van der Waals surface area (Å²) in [7, 11) is 1.92. The van der Waals surface area contributed by atoms with Gasteiger partial charge in [0.05, 0.1) is 12.2 Å². The van der Waals surface area contributed by atoms with Crippen LogP contribution in [0.4, 0.5) is 0 Å². The number of nitrogens with one attached hydrogen (secondary N) is 2. The molecule has 0 amide bonds. The number of aromatic nitrogens is 4. The number of hydrogen-bond donors (Lipinski definition) is 2. The van der Waals surface area contributed by atoms with E-state index in [1.165, 1.54) is 5.56 Å². The molecule has 2 N–H and O–H groups in total. The summed E-state index contributed by atoms with van der Waals surface area (Å²) >= 11 is 0. The van der Waals surface area contributed by atoms with E-state index in [1.807, 2.05) is 30.3 Å². The zero-order valence-electron chi connectivity index (χ0n) is 9.81. The lowest BCUT2D eigenvalue weighted by Gasteiger charge is -2.17. The molecule has 2 aromatic rings. The van der Waals surface area contributed by atoms with Crippen molar-refractivity contribution in [3.8, 4) is 0 Å². The van der Waals surface area contributed by atoms with Crippen molar-refractivity contribution in [2.75, 3.05) is 0 Å². The largest absolute Gasteiger partial charge is 0.347 e. The van der Waals surface area contributed by atoms with Crippen molar-refractivity contribution in [3.05, 3.63) is 36.2 Å².